The number of aromatic hydroxyl groups is 1. The van der Waals surface area contributed by atoms with Crippen LogP contribution in [-0.4, -0.2) is 16.2 Å². The van der Waals surface area contributed by atoms with Gasteiger partial charge in [0.1, 0.15) is 5.75 Å². The highest BCUT2D eigenvalue weighted by atomic mass is 35.5. The zero-order chi connectivity index (χ0) is 21.4. The largest absolute Gasteiger partial charge is 0.508 e. The Bertz CT molecular complexity index is 1190. The van der Waals surface area contributed by atoms with Gasteiger partial charge >= 0.3 is 5.97 Å². The molecule has 0 radical (unpaired) electrons. The second-order valence-electron chi connectivity index (χ2n) is 7.46. The second-order valence-corrected chi connectivity index (χ2v) is 8.30. The molecular weight excluding hydrogens is 419 g/mol. The van der Waals surface area contributed by atoms with Crippen molar-refractivity contribution < 1.29 is 15.0 Å². The number of aromatic carboxylic acids is 1. The summed E-state index contributed by atoms with van der Waals surface area (Å²) in [5.41, 5.74) is 6.82. The van der Waals surface area contributed by atoms with E-state index >= 15 is 0 Å². The number of rotatable bonds is 3. The molecular formula is C25H20Cl2O3. The zero-order valence-electron chi connectivity index (χ0n) is 16.4. The number of allylic oxidation sites excluding steroid dienone is 1. The molecule has 1 aliphatic rings. The van der Waals surface area contributed by atoms with Crippen LogP contribution in [0, 0.1) is 6.92 Å². The predicted molar refractivity (Wildman–Crippen MR) is 122 cm³/mol. The number of carboxylic acid groups (broad SMARTS) is 1. The molecule has 152 valence electrons. The van der Waals surface area contributed by atoms with Gasteiger partial charge < -0.3 is 10.2 Å². The number of benzene rings is 3. The Morgan fingerprint density at radius 3 is 2.43 bits per heavy atom. The number of carboxylic acids is 1. The fourth-order valence-corrected chi connectivity index (χ4v) is 4.65. The van der Waals surface area contributed by atoms with Gasteiger partial charge in [0.15, 0.2) is 0 Å². The molecule has 0 atom stereocenters. The van der Waals surface area contributed by atoms with Crippen LogP contribution in [0.15, 0.2) is 54.6 Å². The van der Waals surface area contributed by atoms with Gasteiger partial charge in [-0.3, -0.25) is 0 Å². The van der Waals surface area contributed by atoms with Crippen molar-refractivity contribution in [1.29, 1.82) is 0 Å². The van der Waals surface area contributed by atoms with Gasteiger partial charge in [0.2, 0.25) is 0 Å². The monoisotopic (exact) mass is 438 g/mol. The van der Waals surface area contributed by atoms with Crippen molar-refractivity contribution in [2.24, 2.45) is 0 Å². The third kappa shape index (κ3) is 3.71. The van der Waals surface area contributed by atoms with Gasteiger partial charge in [-0.15, -0.1) is 0 Å². The lowest BCUT2D eigenvalue weighted by atomic mass is 9.85. The highest BCUT2D eigenvalue weighted by molar-refractivity contribution is 6.36. The summed E-state index contributed by atoms with van der Waals surface area (Å²) in [6.45, 7) is 1.88. The van der Waals surface area contributed by atoms with Crippen molar-refractivity contribution >= 4 is 40.3 Å². The molecule has 4 rings (SSSR count). The standard InChI is InChI=1S/C25H20Cl2O3/c1-14-18(5-3-7-23(14)28)24-19-10-8-16(25(29)30)12-15(19)4-2-6-21(24)20-11-9-17(26)13-22(20)27/h3,5,7-13,28H,2,4,6H2,1H3,(H,29,30). The molecule has 2 N–H and O–H groups in total. The molecule has 0 aromatic heterocycles. The number of carbonyl (C=O) groups is 1. The summed E-state index contributed by atoms with van der Waals surface area (Å²) in [5, 5.41) is 20.9. The van der Waals surface area contributed by atoms with E-state index in [0.29, 0.717) is 10.0 Å². The Balaban J connectivity index is 2.07. The van der Waals surface area contributed by atoms with E-state index in [2.05, 4.69) is 0 Å². The summed E-state index contributed by atoms with van der Waals surface area (Å²) in [6, 6.07) is 16.2. The molecule has 3 aromatic carbocycles. The molecule has 3 nitrogen and oxygen atoms in total. The first kappa shape index (κ1) is 20.5. The summed E-state index contributed by atoms with van der Waals surface area (Å²) >= 11 is 12.7. The van der Waals surface area contributed by atoms with E-state index < -0.39 is 5.97 Å². The van der Waals surface area contributed by atoms with Crippen LogP contribution in [0.3, 0.4) is 0 Å². The van der Waals surface area contributed by atoms with Crippen LogP contribution >= 0.6 is 23.2 Å². The summed E-state index contributed by atoms with van der Waals surface area (Å²) in [4.78, 5) is 11.5. The summed E-state index contributed by atoms with van der Waals surface area (Å²) < 4.78 is 0. The molecule has 0 heterocycles. The van der Waals surface area contributed by atoms with Gasteiger partial charge in [-0.1, -0.05) is 47.5 Å². The number of phenolic OH excluding ortho intramolecular Hbond substituents is 1. The fourth-order valence-electron chi connectivity index (χ4n) is 4.13. The molecule has 3 aromatic rings. The van der Waals surface area contributed by atoms with E-state index in [4.69, 9.17) is 23.2 Å². The lowest BCUT2D eigenvalue weighted by molar-refractivity contribution is 0.0696. The molecule has 0 bridgehead atoms. The summed E-state index contributed by atoms with van der Waals surface area (Å²) in [5.74, 6) is -0.725. The van der Waals surface area contributed by atoms with Crippen LogP contribution in [0.5, 0.6) is 5.75 Å². The van der Waals surface area contributed by atoms with Gasteiger partial charge in [0.25, 0.3) is 0 Å². The van der Waals surface area contributed by atoms with E-state index in [1.54, 1.807) is 24.3 Å². The molecule has 0 aliphatic heterocycles. The minimum Gasteiger partial charge on any atom is -0.508 e. The smallest absolute Gasteiger partial charge is 0.335 e. The maximum atomic E-state index is 11.5. The average molecular weight is 439 g/mol. The van der Waals surface area contributed by atoms with Crippen LogP contribution in [0.1, 0.15) is 51.0 Å². The molecule has 0 saturated heterocycles. The maximum Gasteiger partial charge on any atom is 0.335 e. The Morgan fingerprint density at radius 2 is 1.70 bits per heavy atom. The lowest BCUT2D eigenvalue weighted by Gasteiger charge is -2.19. The first-order valence-electron chi connectivity index (χ1n) is 9.71. The van der Waals surface area contributed by atoms with Gasteiger partial charge in [-0.05, 0) is 95.5 Å². The first-order valence-corrected chi connectivity index (χ1v) is 10.5. The molecule has 5 heteroatoms. The third-order valence-electron chi connectivity index (χ3n) is 5.63. The number of phenols is 1. The molecule has 0 fully saturated rings. The van der Waals surface area contributed by atoms with E-state index in [0.717, 1.165) is 58.2 Å². The Labute approximate surface area is 185 Å². The molecule has 0 amide bonds. The van der Waals surface area contributed by atoms with E-state index in [1.807, 2.05) is 37.3 Å². The van der Waals surface area contributed by atoms with Crippen LogP contribution in [0.4, 0.5) is 0 Å². The van der Waals surface area contributed by atoms with Crippen molar-refractivity contribution in [2.45, 2.75) is 26.2 Å². The van der Waals surface area contributed by atoms with E-state index in [1.165, 1.54) is 0 Å². The van der Waals surface area contributed by atoms with Crippen molar-refractivity contribution in [3.8, 4) is 5.75 Å². The van der Waals surface area contributed by atoms with Crippen LogP contribution in [-0.2, 0) is 6.42 Å². The van der Waals surface area contributed by atoms with Gasteiger partial charge in [0.05, 0.1) is 5.56 Å². The Morgan fingerprint density at radius 1 is 0.933 bits per heavy atom. The second kappa shape index (κ2) is 8.17. The number of aryl methyl sites for hydroxylation is 1. The fraction of sp³-hybridized carbons (Fsp3) is 0.160. The third-order valence-corrected chi connectivity index (χ3v) is 6.17. The minimum absolute atomic E-state index is 0.217. The van der Waals surface area contributed by atoms with Crippen LogP contribution < -0.4 is 0 Å². The number of halogens is 2. The SMILES string of the molecule is Cc1c(O)cccc1C1=C(c2ccc(Cl)cc2Cl)CCCc2cc(C(=O)O)ccc21. The van der Waals surface area contributed by atoms with Crippen molar-refractivity contribution in [2.75, 3.05) is 0 Å². The maximum absolute atomic E-state index is 11.5. The molecule has 0 saturated carbocycles. The zero-order valence-corrected chi connectivity index (χ0v) is 17.9. The van der Waals surface area contributed by atoms with Crippen molar-refractivity contribution in [3.05, 3.63) is 98.0 Å². The summed E-state index contributed by atoms with van der Waals surface area (Å²) in [7, 11) is 0. The van der Waals surface area contributed by atoms with Gasteiger partial charge in [0, 0.05) is 10.0 Å². The van der Waals surface area contributed by atoms with Crippen molar-refractivity contribution in [3.63, 3.8) is 0 Å². The highest BCUT2D eigenvalue weighted by Crippen LogP contribution is 2.44. The normalized spacial score (nSPS) is 13.7. The lowest BCUT2D eigenvalue weighted by Crippen LogP contribution is -2.02. The first-order chi connectivity index (χ1) is 14.4. The van der Waals surface area contributed by atoms with Crippen LogP contribution in [0.25, 0.3) is 11.1 Å². The quantitative estimate of drug-likeness (QED) is 0.462. The number of hydrogen-bond donors (Lipinski definition) is 2. The predicted octanol–water partition coefficient (Wildman–Crippen LogP) is 7.00. The van der Waals surface area contributed by atoms with Crippen molar-refractivity contribution in [1.82, 2.24) is 0 Å². The Hall–Kier alpha value is -2.75. The average Bonchev–Trinajstić information content (AvgIpc) is 2.89. The highest BCUT2D eigenvalue weighted by Gasteiger charge is 2.24. The number of hydrogen-bond acceptors (Lipinski definition) is 2. The Kier molecular flexibility index (Phi) is 5.59. The van der Waals surface area contributed by atoms with Gasteiger partial charge in [-0.2, -0.15) is 0 Å². The van der Waals surface area contributed by atoms with E-state index in [-0.39, 0.29) is 11.3 Å². The minimum atomic E-state index is -0.943. The molecule has 1 aliphatic carbocycles. The topological polar surface area (TPSA) is 57.5 Å². The number of fused-ring (bicyclic) bond motifs is 1. The van der Waals surface area contributed by atoms with Crippen LogP contribution in [0.2, 0.25) is 10.0 Å². The molecule has 0 unspecified atom stereocenters. The summed E-state index contributed by atoms with van der Waals surface area (Å²) in [6.07, 6.45) is 2.38. The van der Waals surface area contributed by atoms with E-state index in [9.17, 15) is 15.0 Å². The van der Waals surface area contributed by atoms with Gasteiger partial charge in [-0.25, -0.2) is 4.79 Å². The molecule has 30 heavy (non-hydrogen) atoms. The molecule has 0 spiro atoms.